The lowest BCUT2D eigenvalue weighted by molar-refractivity contribution is 0.0595. The zero-order valence-corrected chi connectivity index (χ0v) is 12.6. The lowest BCUT2D eigenvalue weighted by atomic mass is 10.1. The summed E-state index contributed by atoms with van der Waals surface area (Å²) in [5.41, 5.74) is 1.47. The van der Waals surface area contributed by atoms with E-state index in [4.69, 9.17) is 0 Å². The van der Waals surface area contributed by atoms with Crippen molar-refractivity contribution in [2.75, 3.05) is 7.11 Å². The first-order valence-corrected chi connectivity index (χ1v) is 7.65. The van der Waals surface area contributed by atoms with Crippen LogP contribution in [0.4, 0.5) is 4.39 Å². The monoisotopic (exact) mass is 306 g/mol. The summed E-state index contributed by atoms with van der Waals surface area (Å²) < 4.78 is 30.5. The van der Waals surface area contributed by atoms with Crippen molar-refractivity contribution in [3.63, 3.8) is 0 Å². The van der Waals surface area contributed by atoms with Gasteiger partial charge >= 0.3 is 5.97 Å². The molecule has 0 saturated carbocycles. The molecular formula is C16H15FO3S. The third kappa shape index (κ3) is 3.76. The number of hydrogen-bond acceptors (Lipinski definition) is 3. The number of aryl methyl sites for hydroxylation is 1. The fourth-order valence-corrected chi connectivity index (χ4v) is 3.11. The van der Waals surface area contributed by atoms with Crippen LogP contribution in [0.2, 0.25) is 0 Å². The van der Waals surface area contributed by atoms with Gasteiger partial charge in [-0.05, 0) is 42.3 Å². The van der Waals surface area contributed by atoms with Gasteiger partial charge in [-0.25, -0.2) is 9.18 Å². The van der Waals surface area contributed by atoms with Gasteiger partial charge in [-0.1, -0.05) is 18.2 Å². The molecule has 0 radical (unpaired) electrons. The van der Waals surface area contributed by atoms with Crippen LogP contribution in [0.5, 0.6) is 0 Å². The van der Waals surface area contributed by atoms with Crippen molar-refractivity contribution in [3.05, 3.63) is 65.0 Å². The normalized spacial score (nSPS) is 12.0. The Balaban J connectivity index is 2.19. The number of carbonyl (C=O) groups excluding carboxylic acids is 1. The summed E-state index contributed by atoms with van der Waals surface area (Å²) in [6.07, 6.45) is 0. The first-order valence-electron chi connectivity index (χ1n) is 6.33. The van der Waals surface area contributed by atoms with Crippen molar-refractivity contribution >= 4 is 16.8 Å². The summed E-state index contributed by atoms with van der Waals surface area (Å²) in [7, 11) is -0.0580. The smallest absolute Gasteiger partial charge is 0.340 e. The van der Waals surface area contributed by atoms with Crippen molar-refractivity contribution in [3.8, 4) is 0 Å². The van der Waals surface area contributed by atoms with E-state index in [9.17, 15) is 13.4 Å². The Morgan fingerprint density at radius 2 is 2.00 bits per heavy atom. The summed E-state index contributed by atoms with van der Waals surface area (Å²) in [5.74, 6) is -1.19. The van der Waals surface area contributed by atoms with Crippen molar-refractivity contribution < 1.29 is 18.1 Å². The molecule has 0 aliphatic rings. The molecule has 21 heavy (non-hydrogen) atoms. The number of carbonyl (C=O) groups is 1. The van der Waals surface area contributed by atoms with Crippen LogP contribution in [-0.2, 0) is 21.3 Å². The lowest BCUT2D eigenvalue weighted by Crippen LogP contribution is -2.05. The largest absolute Gasteiger partial charge is 0.465 e. The Labute approximate surface area is 125 Å². The Kier molecular flexibility index (Phi) is 4.85. The molecule has 3 nitrogen and oxygen atoms in total. The van der Waals surface area contributed by atoms with Crippen molar-refractivity contribution in [1.82, 2.24) is 0 Å². The van der Waals surface area contributed by atoms with Gasteiger partial charge in [-0.15, -0.1) is 0 Å². The predicted octanol–water partition coefficient (Wildman–Crippen LogP) is 3.23. The van der Waals surface area contributed by atoms with Gasteiger partial charge in [0.05, 0.1) is 29.2 Å². The highest BCUT2D eigenvalue weighted by molar-refractivity contribution is 7.84. The second-order valence-electron chi connectivity index (χ2n) is 4.61. The third-order valence-corrected chi connectivity index (χ3v) is 4.36. The zero-order chi connectivity index (χ0) is 15.4. The summed E-state index contributed by atoms with van der Waals surface area (Å²) in [5, 5.41) is 0. The third-order valence-electron chi connectivity index (χ3n) is 2.99. The van der Waals surface area contributed by atoms with Crippen molar-refractivity contribution in [2.45, 2.75) is 17.6 Å². The summed E-state index contributed by atoms with van der Waals surface area (Å²) in [6.45, 7) is 1.92. The fourth-order valence-electron chi connectivity index (χ4n) is 1.92. The minimum Gasteiger partial charge on any atom is -0.465 e. The molecule has 0 bridgehead atoms. The first-order chi connectivity index (χ1) is 10.0. The highest BCUT2D eigenvalue weighted by atomic mass is 32.2. The van der Waals surface area contributed by atoms with Gasteiger partial charge in [0.1, 0.15) is 5.82 Å². The molecule has 0 saturated heterocycles. The van der Waals surface area contributed by atoms with Gasteiger partial charge in [0.25, 0.3) is 0 Å². The average molecular weight is 306 g/mol. The number of ether oxygens (including phenoxy) is 1. The molecule has 0 aromatic heterocycles. The van der Waals surface area contributed by atoms with Gasteiger partial charge in [0.2, 0.25) is 0 Å². The maximum Gasteiger partial charge on any atom is 0.340 e. The van der Waals surface area contributed by atoms with E-state index < -0.39 is 22.6 Å². The predicted molar refractivity (Wildman–Crippen MR) is 79.0 cm³/mol. The van der Waals surface area contributed by atoms with Crippen LogP contribution in [0.15, 0.2) is 47.4 Å². The van der Waals surface area contributed by atoms with Crippen LogP contribution in [0, 0.1) is 12.7 Å². The molecule has 0 heterocycles. The molecular weight excluding hydrogens is 291 g/mol. The summed E-state index contributed by atoms with van der Waals surface area (Å²) in [4.78, 5) is 12.0. The number of esters is 1. The molecule has 110 valence electrons. The van der Waals surface area contributed by atoms with Crippen LogP contribution in [0.25, 0.3) is 0 Å². The van der Waals surface area contributed by atoms with E-state index in [2.05, 4.69) is 4.74 Å². The first kappa shape index (κ1) is 15.4. The van der Waals surface area contributed by atoms with Crippen molar-refractivity contribution in [2.24, 2.45) is 0 Å². The van der Waals surface area contributed by atoms with Crippen LogP contribution < -0.4 is 0 Å². The number of benzene rings is 2. The van der Waals surface area contributed by atoms with E-state index >= 15 is 0 Å². The van der Waals surface area contributed by atoms with E-state index in [1.807, 2.05) is 25.1 Å². The maximum atomic E-state index is 13.8. The molecule has 0 amide bonds. The Hall–Kier alpha value is -2.01. The molecule has 0 N–H and O–H groups in total. The van der Waals surface area contributed by atoms with Gasteiger partial charge in [0, 0.05) is 4.90 Å². The van der Waals surface area contributed by atoms with E-state index in [1.54, 1.807) is 12.1 Å². The van der Waals surface area contributed by atoms with Crippen LogP contribution >= 0.6 is 0 Å². The standard InChI is InChI=1S/C16H15FO3S/c1-11-4-3-5-13(8-11)21(19)10-12-6-7-14(15(17)9-12)16(18)20-2/h3-9H,10H2,1-2H3. The van der Waals surface area contributed by atoms with E-state index in [0.29, 0.717) is 10.5 Å². The highest BCUT2D eigenvalue weighted by Gasteiger charge is 2.13. The molecule has 0 spiro atoms. The molecule has 1 atom stereocenters. The van der Waals surface area contributed by atoms with Gasteiger partial charge < -0.3 is 4.74 Å². The van der Waals surface area contributed by atoms with Crippen molar-refractivity contribution in [1.29, 1.82) is 0 Å². The molecule has 2 aromatic rings. The average Bonchev–Trinajstić information content (AvgIpc) is 2.46. The number of halogens is 1. The minimum atomic E-state index is -1.25. The SMILES string of the molecule is COC(=O)c1ccc(CS(=O)c2cccc(C)c2)cc1F. The second kappa shape index (κ2) is 6.63. The number of rotatable bonds is 4. The summed E-state index contributed by atoms with van der Waals surface area (Å²) in [6, 6.07) is 11.5. The van der Waals surface area contributed by atoms with Gasteiger partial charge in [-0.3, -0.25) is 4.21 Å². The molecule has 0 aliphatic carbocycles. The van der Waals surface area contributed by atoms with E-state index in [1.165, 1.54) is 19.2 Å². The Morgan fingerprint density at radius 3 is 2.62 bits per heavy atom. The lowest BCUT2D eigenvalue weighted by Gasteiger charge is -2.06. The molecule has 0 aliphatic heterocycles. The summed E-state index contributed by atoms with van der Waals surface area (Å²) >= 11 is 0. The quantitative estimate of drug-likeness (QED) is 0.815. The molecule has 0 fully saturated rings. The minimum absolute atomic E-state index is 0.123. The van der Waals surface area contributed by atoms with Crippen LogP contribution in [0.1, 0.15) is 21.5 Å². The van der Waals surface area contributed by atoms with E-state index in [-0.39, 0.29) is 11.3 Å². The number of hydrogen-bond donors (Lipinski definition) is 0. The van der Waals surface area contributed by atoms with E-state index in [0.717, 1.165) is 5.56 Å². The fraction of sp³-hybridized carbons (Fsp3) is 0.188. The Bertz CT molecular complexity index is 698. The maximum absolute atomic E-state index is 13.8. The van der Waals surface area contributed by atoms with Crippen LogP contribution in [-0.4, -0.2) is 17.3 Å². The highest BCUT2D eigenvalue weighted by Crippen LogP contribution is 2.17. The molecule has 2 aromatic carbocycles. The molecule has 5 heteroatoms. The second-order valence-corrected chi connectivity index (χ2v) is 6.06. The number of methoxy groups -OCH3 is 1. The molecule has 2 rings (SSSR count). The molecule has 1 unspecified atom stereocenters. The zero-order valence-electron chi connectivity index (χ0n) is 11.8. The Morgan fingerprint density at radius 1 is 1.24 bits per heavy atom. The topological polar surface area (TPSA) is 43.4 Å². The van der Waals surface area contributed by atoms with Gasteiger partial charge in [-0.2, -0.15) is 0 Å². The van der Waals surface area contributed by atoms with Gasteiger partial charge in [0.15, 0.2) is 0 Å². The van der Waals surface area contributed by atoms with Crippen LogP contribution in [0.3, 0.4) is 0 Å².